The lowest BCUT2D eigenvalue weighted by molar-refractivity contribution is -0.144. The summed E-state index contributed by atoms with van der Waals surface area (Å²) in [5, 5.41) is 3.17. The SMILES string of the molecule is FC(F)(F)c1nsc(NCC2(CCl)CCCCC2)n1. The van der Waals surface area contributed by atoms with Crippen LogP contribution in [0.25, 0.3) is 0 Å². The molecular weight excluding hydrogens is 299 g/mol. The highest BCUT2D eigenvalue weighted by Gasteiger charge is 2.36. The molecule has 8 heteroatoms. The zero-order chi connectivity index (χ0) is 13.9. The Kier molecular flexibility index (Phi) is 4.55. The first-order valence-corrected chi connectivity index (χ1v) is 7.47. The molecule has 0 spiro atoms. The quantitative estimate of drug-likeness (QED) is 0.848. The van der Waals surface area contributed by atoms with Crippen LogP contribution in [0.5, 0.6) is 0 Å². The molecule has 19 heavy (non-hydrogen) atoms. The minimum atomic E-state index is -4.48. The molecule has 1 N–H and O–H groups in total. The van der Waals surface area contributed by atoms with Crippen LogP contribution in [0.2, 0.25) is 0 Å². The molecular formula is C11H15ClF3N3S. The normalized spacial score (nSPS) is 19.4. The van der Waals surface area contributed by atoms with Crippen molar-refractivity contribution in [2.24, 2.45) is 5.41 Å². The first-order valence-electron chi connectivity index (χ1n) is 6.16. The van der Waals surface area contributed by atoms with Crippen molar-refractivity contribution >= 4 is 28.3 Å². The molecule has 0 unspecified atom stereocenters. The van der Waals surface area contributed by atoms with Crippen molar-refractivity contribution < 1.29 is 13.2 Å². The molecule has 1 aromatic rings. The summed E-state index contributed by atoms with van der Waals surface area (Å²) >= 11 is 6.77. The Hall–Kier alpha value is -0.560. The number of hydrogen-bond acceptors (Lipinski definition) is 4. The van der Waals surface area contributed by atoms with Crippen molar-refractivity contribution in [1.82, 2.24) is 9.36 Å². The van der Waals surface area contributed by atoms with Crippen LogP contribution in [0.4, 0.5) is 18.3 Å². The summed E-state index contributed by atoms with van der Waals surface area (Å²) in [6, 6.07) is 0. The molecule has 1 heterocycles. The van der Waals surface area contributed by atoms with E-state index in [1.54, 1.807) is 0 Å². The van der Waals surface area contributed by atoms with Crippen molar-refractivity contribution in [3.63, 3.8) is 0 Å². The lowest BCUT2D eigenvalue weighted by Crippen LogP contribution is -2.33. The molecule has 0 radical (unpaired) electrons. The van der Waals surface area contributed by atoms with Crippen LogP contribution in [0, 0.1) is 5.41 Å². The van der Waals surface area contributed by atoms with Crippen molar-refractivity contribution in [2.45, 2.75) is 38.3 Å². The Bertz CT molecular complexity index is 416. The predicted octanol–water partition coefficient (Wildman–Crippen LogP) is 4.16. The van der Waals surface area contributed by atoms with Crippen LogP contribution < -0.4 is 5.32 Å². The Morgan fingerprint density at radius 3 is 2.47 bits per heavy atom. The van der Waals surface area contributed by atoms with Gasteiger partial charge in [0.15, 0.2) is 0 Å². The fourth-order valence-corrected chi connectivity index (χ4v) is 3.28. The number of nitrogens with zero attached hydrogens (tertiary/aromatic N) is 2. The number of halogens is 4. The number of rotatable bonds is 4. The topological polar surface area (TPSA) is 37.8 Å². The Labute approximate surface area is 118 Å². The Balaban J connectivity index is 1.96. The minimum absolute atomic E-state index is 0.0239. The van der Waals surface area contributed by atoms with Gasteiger partial charge < -0.3 is 5.32 Å². The fourth-order valence-electron chi connectivity index (χ4n) is 2.33. The maximum atomic E-state index is 12.4. The highest BCUT2D eigenvalue weighted by Crippen LogP contribution is 2.38. The molecule has 0 aliphatic heterocycles. The lowest BCUT2D eigenvalue weighted by Gasteiger charge is -2.35. The van der Waals surface area contributed by atoms with E-state index in [9.17, 15) is 13.2 Å². The molecule has 3 nitrogen and oxygen atoms in total. The van der Waals surface area contributed by atoms with Gasteiger partial charge in [-0.15, -0.1) is 11.6 Å². The van der Waals surface area contributed by atoms with Crippen molar-refractivity contribution in [3.8, 4) is 0 Å². The maximum absolute atomic E-state index is 12.4. The third-order valence-electron chi connectivity index (χ3n) is 3.49. The summed E-state index contributed by atoms with van der Waals surface area (Å²) in [5.74, 6) is -0.561. The molecule has 0 atom stereocenters. The van der Waals surface area contributed by atoms with Crippen LogP contribution in [0.3, 0.4) is 0 Å². The van der Waals surface area contributed by atoms with E-state index in [0.29, 0.717) is 12.4 Å². The van der Waals surface area contributed by atoms with Crippen LogP contribution in [-0.2, 0) is 6.18 Å². The molecule has 2 rings (SSSR count). The molecule has 0 saturated heterocycles. The van der Waals surface area contributed by atoms with E-state index >= 15 is 0 Å². The minimum Gasteiger partial charge on any atom is -0.360 e. The maximum Gasteiger partial charge on any atom is 0.452 e. The van der Waals surface area contributed by atoms with Gasteiger partial charge in [-0.25, -0.2) is 0 Å². The highest BCUT2D eigenvalue weighted by atomic mass is 35.5. The molecule has 0 aromatic carbocycles. The van der Waals surface area contributed by atoms with Gasteiger partial charge in [-0.05, 0) is 12.8 Å². The summed E-state index contributed by atoms with van der Waals surface area (Å²) in [6.07, 6.45) is 0.987. The molecule has 108 valence electrons. The van der Waals surface area contributed by atoms with Gasteiger partial charge in [0, 0.05) is 29.4 Å². The van der Waals surface area contributed by atoms with Crippen LogP contribution >= 0.6 is 23.1 Å². The molecule has 1 aliphatic carbocycles. The second-order valence-corrected chi connectivity index (χ2v) is 5.99. The number of nitrogens with one attached hydrogen (secondary N) is 1. The fraction of sp³-hybridized carbons (Fsp3) is 0.818. The van der Waals surface area contributed by atoms with Crippen LogP contribution in [0.15, 0.2) is 0 Å². The van der Waals surface area contributed by atoms with E-state index in [0.717, 1.165) is 37.2 Å². The third-order valence-corrected chi connectivity index (χ3v) is 4.73. The number of anilines is 1. The average Bonchev–Trinajstić information content (AvgIpc) is 2.86. The van der Waals surface area contributed by atoms with Crippen LogP contribution in [-0.4, -0.2) is 21.8 Å². The van der Waals surface area contributed by atoms with Gasteiger partial charge in [-0.3, -0.25) is 0 Å². The van der Waals surface area contributed by atoms with Gasteiger partial charge in [0.25, 0.3) is 0 Å². The van der Waals surface area contributed by atoms with Gasteiger partial charge in [0.1, 0.15) is 0 Å². The van der Waals surface area contributed by atoms with Crippen molar-refractivity contribution in [1.29, 1.82) is 0 Å². The summed E-state index contributed by atoms with van der Waals surface area (Å²) in [4.78, 5) is 3.46. The van der Waals surface area contributed by atoms with E-state index in [1.165, 1.54) is 6.42 Å². The predicted molar refractivity (Wildman–Crippen MR) is 69.6 cm³/mol. The van der Waals surface area contributed by atoms with E-state index in [2.05, 4.69) is 14.7 Å². The van der Waals surface area contributed by atoms with Crippen LogP contribution in [0.1, 0.15) is 37.9 Å². The zero-order valence-corrected chi connectivity index (χ0v) is 11.8. The molecule has 1 fully saturated rings. The standard InChI is InChI=1S/C11H15ClF3N3S/c12-6-10(4-2-1-3-5-10)7-16-9-17-8(18-19-9)11(13,14)15/h1-7H2,(H,16,17,18). The largest absolute Gasteiger partial charge is 0.452 e. The van der Waals surface area contributed by atoms with Gasteiger partial charge in [-0.2, -0.15) is 22.5 Å². The third kappa shape index (κ3) is 3.72. The molecule has 1 aliphatic rings. The summed E-state index contributed by atoms with van der Waals surface area (Å²) < 4.78 is 40.4. The molecule has 0 bridgehead atoms. The Morgan fingerprint density at radius 2 is 1.95 bits per heavy atom. The first kappa shape index (κ1) is 14.8. The van der Waals surface area contributed by atoms with Gasteiger partial charge in [-0.1, -0.05) is 19.3 Å². The Morgan fingerprint density at radius 1 is 1.26 bits per heavy atom. The second kappa shape index (κ2) is 5.83. The molecule has 1 saturated carbocycles. The van der Waals surface area contributed by atoms with Crippen molar-refractivity contribution in [2.75, 3.05) is 17.7 Å². The monoisotopic (exact) mass is 313 g/mol. The highest BCUT2D eigenvalue weighted by molar-refractivity contribution is 7.09. The smallest absolute Gasteiger partial charge is 0.360 e. The zero-order valence-electron chi connectivity index (χ0n) is 10.3. The van der Waals surface area contributed by atoms with E-state index in [4.69, 9.17) is 11.6 Å². The van der Waals surface area contributed by atoms with Crippen molar-refractivity contribution in [3.05, 3.63) is 5.82 Å². The number of hydrogen-bond donors (Lipinski definition) is 1. The van der Waals surface area contributed by atoms with Gasteiger partial charge in [0.2, 0.25) is 11.0 Å². The number of aromatic nitrogens is 2. The summed E-state index contributed by atoms with van der Waals surface area (Å²) in [5.41, 5.74) is -0.0239. The number of alkyl halides is 4. The van der Waals surface area contributed by atoms with Gasteiger partial charge >= 0.3 is 6.18 Å². The van der Waals surface area contributed by atoms with E-state index < -0.39 is 12.0 Å². The molecule has 0 amide bonds. The summed E-state index contributed by atoms with van der Waals surface area (Å²) in [6.45, 7) is 0.559. The van der Waals surface area contributed by atoms with Gasteiger partial charge in [0.05, 0.1) is 0 Å². The average molecular weight is 314 g/mol. The molecule has 1 aromatic heterocycles. The first-order chi connectivity index (χ1) is 8.95. The summed E-state index contributed by atoms with van der Waals surface area (Å²) in [7, 11) is 0. The second-order valence-electron chi connectivity index (χ2n) is 4.97. The van der Waals surface area contributed by atoms with E-state index in [1.807, 2.05) is 0 Å². The lowest BCUT2D eigenvalue weighted by atomic mass is 9.75. The van der Waals surface area contributed by atoms with E-state index in [-0.39, 0.29) is 10.5 Å².